The number of carbonyl (C=O) groups is 3. The number of unbranched alkanes of at least 4 members (excludes halogenated alkanes) is 12. The van der Waals surface area contributed by atoms with E-state index in [0.29, 0.717) is 17.4 Å². The van der Waals surface area contributed by atoms with E-state index < -0.39 is 24.3 Å². The lowest BCUT2D eigenvalue weighted by molar-refractivity contribution is -0.870. The van der Waals surface area contributed by atoms with Crippen LogP contribution in [-0.2, 0) is 33.3 Å². The third-order valence-electron chi connectivity index (χ3n) is 9.84. The first kappa shape index (κ1) is 59.2. The molecule has 0 aliphatic carbocycles. The monoisotopic (exact) mass is 881 g/mol. The number of hydrogen-bond acceptors (Lipinski definition) is 7. The van der Waals surface area contributed by atoms with E-state index in [0.717, 1.165) is 116 Å². The number of rotatable bonds is 43. The summed E-state index contributed by atoms with van der Waals surface area (Å²) in [6, 6.07) is 0. The molecule has 2 atom stereocenters. The van der Waals surface area contributed by atoms with Crippen LogP contribution in [0.4, 0.5) is 0 Å². The Morgan fingerprint density at radius 2 is 0.857 bits per heavy atom. The van der Waals surface area contributed by atoms with Crippen molar-refractivity contribution in [2.45, 2.75) is 180 Å². The summed E-state index contributed by atoms with van der Waals surface area (Å²) in [4.78, 5) is 37.2. The van der Waals surface area contributed by atoms with E-state index in [1.165, 1.54) is 19.3 Å². The third-order valence-corrected chi connectivity index (χ3v) is 9.84. The van der Waals surface area contributed by atoms with Crippen molar-refractivity contribution < 1.29 is 42.9 Å². The Kier molecular flexibility index (Phi) is 42.1. The zero-order chi connectivity index (χ0) is 46.3. The molecule has 358 valence electrons. The molecule has 0 rings (SSSR count). The second-order valence-corrected chi connectivity index (χ2v) is 17.0. The van der Waals surface area contributed by atoms with Gasteiger partial charge in [0.2, 0.25) is 0 Å². The number of carbonyl (C=O) groups excluding carboxylic acids is 2. The fourth-order valence-corrected chi connectivity index (χ4v) is 6.11. The van der Waals surface area contributed by atoms with E-state index in [2.05, 4.69) is 111 Å². The lowest BCUT2D eigenvalue weighted by Crippen LogP contribution is -2.40. The average molecular weight is 881 g/mol. The maximum atomic E-state index is 12.8. The predicted molar refractivity (Wildman–Crippen MR) is 262 cm³/mol. The number of ether oxygens (including phenoxy) is 4. The maximum absolute atomic E-state index is 12.8. The lowest BCUT2D eigenvalue weighted by atomic mass is 10.1. The summed E-state index contributed by atoms with van der Waals surface area (Å²) in [6.07, 6.45) is 56.0. The number of quaternary nitrogens is 1. The number of carboxylic acids is 1. The predicted octanol–water partition coefficient (Wildman–Crippen LogP) is 13.4. The van der Waals surface area contributed by atoms with Crippen molar-refractivity contribution in [1.82, 2.24) is 0 Å². The van der Waals surface area contributed by atoms with Gasteiger partial charge in [-0.3, -0.25) is 9.59 Å². The van der Waals surface area contributed by atoms with Gasteiger partial charge >= 0.3 is 17.9 Å². The highest BCUT2D eigenvalue weighted by molar-refractivity contribution is 5.71. The quantitative estimate of drug-likeness (QED) is 0.0212. The van der Waals surface area contributed by atoms with Gasteiger partial charge < -0.3 is 28.5 Å². The van der Waals surface area contributed by atoms with Gasteiger partial charge in [-0.15, -0.1) is 0 Å². The number of esters is 2. The Bertz CT molecular complexity index is 1350. The van der Waals surface area contributed by atoms with Crippen LogP contribution in [0.15, 0.2) is 97.2 Å². The molecule has 63 heavy (non-hydrogen) atoms. The first-order chi connectivity index (χ1) is 30.6. The molecule has 0 heterocycles. The number of hydrogen-bond donors (Lipinski definition) is 1. The van der Waals surface area contributed by atoms with Crippen molar-refractivity contribution in [2.24, 2.45) is 0 Å². The van der Waals surface area contributed by atoms with Crippen LogP contribution in [0, 0.1) is 0 Å². The van der Waals surface area contributed by atoms with Crippen LogP contribution in [0.5, 0.6) is 0 Å². The first-order valence-electron chi connectivity index (χ1n) is 24.4. The SMILES string of the molecule is CC/C=C\C/C=C\C/C=C\C/C=C\C/C=C\CCCCCCCC(=O)OC(COC(=O)CCCCCCCCC/C=C\C/C=C\C/C=C\CC)COC(OCC[N+](C)(C)C)C(=O)O. The third kappa shape index (κ3) is 46.0. The lowest BCUT2D eigenvalue weighted by Gasteiger charge is -2.25. The molecule has 0 bridgehead atoms. The molecular weight excluding hydrogens is 791 g/mol. The normalized spacial score (nSPS) is 13.7. The number of allylic oxidation sites excluding steroid dienone is 16. The van der Waals surface area contributed by atoms with Gasteiger partial charge in [0, 0.05) is 12.8 Å². The fourth-order valence-electron chi connectivity index (χ4n) is 6.11. The second kappa shape index (κ2) is 44.8. The van der Waals surface area contributed by atoms with Crippen LogP contribution >= 0.6 is 0 Å². The molecule has 0 spiro atoms. The van der Waals surface area contributed by atoms with Crippen LogP contribution in [0.3, 0.4) is 0 Å². The molecule has 2 unspecified atom stereocenters. The van der Waals surface area contributed by atoms with Gasteiger partial charge in [0.1, 0.15) is 13.2 Å². The Balaban J connectivity index is 4.46. The van der Waals surface area contributed by atoms with Gasteiger partial charge in [0.25, 0.3) is 6.29 Å². The molecule has 1 N–H and O–H groups in total. The van der Waals surface area contributed by atoms with Gasteiger partial charge in [0.15, 0.2) is 6.10 Å². The van der Waals surface area contributed by atoms with Crippen LogP contribution in [0.25, 0.3) is 0 Å². The minimum absolute atomic E-state index is 0.176. The van der Waals surface area contributed by atoms with Gasteiger partial charge in [-0.1, -0.05) is 162 Å². The second-order valence-electron chi connectivity index (χ2n) is 17.0. The van der Waals surface area contributed by atoms with Gasteiger partial charge in [-0.2, -0.15) is 0 Å². The highest BCUT2D eigenvalue weighted by Crippen LogP contribution is 2.13. The summed E-state index contributed by atoms with van der Waals surface area (Å²) in [5.41, 5.74) is 0. The highest BCUT2D eigenvalue weighted by Gasteiger charge is 2.25. The summed E-state index contributed by atoms with van der Waals surface area (Å²) in [7, 11) is 5.94. The molecule has 0 radical (unpaired) electrons. The van der Waals surface area contributed by atoms with Crippen LogP contribution in [0.1, 0.15) is 168 Å². The van der Waals surface area contributed by atoms with Crippen molar-refractivity contribution in [2.75, 3.05) is 47.5 Å². The standard InChI is InChI=1S/C54H89NO8/c1-6-8-10-12-14-16-18-20-22-24-25-26-27-29-31-33-35-37-39-41-43-45-52(57)63-50(49-62-54(53(58)59)60-47-46-55(3,4)5)48-61-51(56)44-42-40-38-36-34-32-30-28-23-21-19-17-15-13-11-9-7-2/h8-11,14-17,20-23,25-26,29,31,50,54H,6-7,12-13,18-19,24,27-28,30,32-49H2,1-5H3/p+1/b10-8-,11-9-,16-14-,17-15-,22-20-,23-21-,26-25-,31-29-. The number of nitrogens with zero attached hydrogens (tertiary/aromatic N) is 1. The molecular formula is C54H90NO8+. The van der Waals surface area contributed by atoms with E-state index in [4.69, 9.17) is 18.9 Å². The van der Waals surface area contributed by atoms with Gasteiger partial charge in [-0.25, -0.2) is 4.79 Å². The van der Waals surface area contributed by atoms with Crippen LogP contribution < -0.4 is 0 Å². The molecule has 0 saturated carbocycles. The molecule has 0 fully saturated rings. The summed E-state index contributed by atoms with van der Waals surface area (Å²) < 4.78 is 22.7. The van der Waals surface area contributed by atoms with Crippen molar-refractivity contribution >= 4 is 17.9 Å². The summed E-state index contributed by atoms with van der Waals surface area (Å²) in [5.74, 6) is -2.06. The van der Waals surface area contributed by atoms with Crippen molar-refractivity contribution in [1.29, 1.82) is 0 Å². The summed E-state index contributed by atoms with van der Waals surface area (Å²) in [6.45, 7) is 4.59. The van der Waals surface area contributed by atoms with E-state index >= 15 is 0 Å². The van der Waals surface area contributed by atoms with E-state index in [1.54, 1.807) is 0 Å². The van der Waals surface area contributed by atoms with Gasteiger partial charge in [0.05, 0.1) is 34.4 Å². The zero-order valence-electron chi connectivity index (χ0n) is 40.4. The van der Waals surface area contributed by atoms with Gasteiger partial charge in [-0.05, 0) is 89.9 Å². The van der Waals surface area contributed by atoms with Crippen molar-refractivity contribution in [3.8, 4) is 0 Å². The topological polar surface area (TPSA) is 108 Å². The molecule has 0 saturated heterocycles. The average Bonchev–Trinajstić information content (AvgIpc) is 3.24. The zero-order valence-corrected chi connectivity index (χ0v) is 40.4. The largest absolute Gasteiger partial charge is 0.477 e. The number of likely N-dealkylation sites (N-methyl/N-ethyl adjacent to an activating group) is 1. The van der Waals surface area contributed by atoms with Crippen molar-refractivity contribution in [3.05, 3.63) is 97.2 Å². The molecule has 9 nitrogen and oxygen atoms in total. The van der Waals surface area contributed by atoms with Crippen molar-refractivity contribution in [3.63, 3.8) is 0 Å². The van der Waals surface area contributed by atoms with E-state index in [-0.39, 0.29) is 38.6 Å². The molecule has 0 aliphatic heterocycles. The van der Waals surface area contributed by atoms with Crippen LogP contribution in [-0.4, -0.2) is 87.4 Å². The van der Waals surface area contributed by atoms with Crippen LogP contribution in [0.2, 0.25) is 0 Å². The fraction of sp³-hybridized carbons (Fsp3) is 0.648. The summed E-state index contributed by atoms with van der Waals surface area (Å²) >= 11 is 0. The Morgan fingerprint density at radius 1 is 0.476 bits per heavy atom. The highest BCUT2D eigenvalue weighted by atomic mass is 16.7. The molecule has 9 heteroatoms. The molecule has 0 aliphatic rings. The van der Waals surface area contributed by atoms with E-state index in [9.17, 15) is 19.5 Å². The smallest absolute Gasteiger partial charge is 0.361 e. The Hall–Kier alpha value is -3.79. The molecule has 0 aromatic heterocycles. The minimum atomic E-state index is -1.52. The first-order valence-corrected chi connectivity index (χ1v) is 24.4. The summed E-state index contributed by atoms with van der Waals surface area (Å²) in [5, 5.41) is 9.66. The molecule has 0 amide bonds. The number of carboxylic acid groups (broad SMARTS) is 1. The Labute approximate surface area is 384 Å². The number of aliphatic carboxylic acids is 1. The Morgan fingerprint density at radius 3 is 1.27 bits per heavy atom. The van der Waals surface area contributed by atoms with E-state index in [1.807, 2.05) is 21.1 Å². The minimum Gasteiger partial charge on any atom is -0.477 e. The molecule has 0 aromatic rings. The maximum Gasteiger partial charge on any atom is 0.361 e. The molecule has 0 aromatic carbocycles.